The number of rotatable bonds is 15. The normalized spacial score (nSPS) is 14.1. The average molecular weight is 524 g/mol. The Balaban J connectivity index is 3.18. The summed E-state index contributed by atoms with van der Waals surface area (Å²) in [4.78, 5) is 72.1. The molecule has 0 spiro atoms. The smallest absolute Gasteiger partial charge is 0.326 e. The molecule has 14 nitrogen and oxygen atoms in total. The van der Waals surface area contributed by atoms with Crippen molar-refractivity contribution in [2.75, 3.05) is 0 Å². The number of carbonyl (C=O) groups excluding carboxylic acids is 4. The summed E-state index contributed by atoms with van der Waals surface area (Å²) < 4.78 is 0. The van der Waals surface area contributed by atoms with Crippen molar-refractivity contribution in [3.05, 3.63) is 29.8 Å². The van der Waals surface area contributed by atoms with Gasteiger partial charge >= 0.3 is 11.9 Å². The highest BCUT2D eigenvalue weighted by atomic mass is 16.4. The summed E-state index contributed by atoms with van der Waals surface area (Å²) >= 11 is 0. The number of carboxylic acids is 2. The molecule has 0 radical (unpaired) electrons. The molecule has 10 N–H and O–H groups in total. The first-order chi connectivity index (χ1) is 17.2. The molecule has 0 heterocycles. The van der Waals surface area contributed by atoms with Gasteiger partial charge in [0.2, 0.25) is 23.6 Å². The van der Waals surface area contributed by atoms with Crippen molar-refractivity contribution >= 4 is 35.6 Å². The minimum atomic E-state index is -1.44. The number of hydrogen-bond acceptors (Lipinski definition) is 8. The fourth-order valence-corrected chi connectivity index (χ4v) is 3.24. The maximum atomic E-state index is 13.2. The standard InChI is InChI=1S/C23H33N5O9/c1-11(2)19(23(36)37)28-21(34)15(7-8-18(31)32)26-22(35)16(9-12-3-5-13(29)6-4-12)27-20(33)14(24)10-17(25)30/h3-6,11,14-16,19,29H,7-10,24H2,1-2H3,(H2,25,30)(H,26,35)(H,27,33)(H,28,34)(H,31,32)(H,36,37). The van der Waals surface area contributed by atoms with E-state index in [1.54, 1.807) is 13.8 Å². The molecule has 0 fully saturated rings. The molecule has 0 aliphatic rings. The van der Waals surface area contributed by atoms with Crippen LogP contribution in [-0.4, -0.2) is 75.1 Å². The lowest BCUT2D eigenvalue weighted by molar-refractivity contribution is -0.144. The van der Waals surface area contributed by atoms with Crippen LogP contribution < -0.4 is 27.4 Å². The van der Waals surface area contributed by atoms with Gasteiger partial charge in [-0.25, -0.2) is 4.79 Å². The van der Waals surface area contributed by atoms with Crippen LogP contribution in [0.2, 0.25) is 0 Å². The average Bonchev–Trinajstić information content (AvgIpc) is 2.79. The van der Waals surface area contributed by atoms with Crippen LogP contribution >= 0.6 is 0 Å². The quantitative estimate of drug-likeness (QED) is 0.128. The zero-order chi connectivity index (χ0) is 28.3. The molecule has 37 heavy (non-hydrogen) atoms. The van der Waals surface area contributed by atoms with Gasteiger partial charge in [-0.1, -0.05) is 26.0 Å². The Kier molecular flexibility index (Phi) is 12.0. The number of carboxylic acid groups (broad SMARTS) is 2. The van der Waals surface area contributed by atoms with E-state index in [4.69, 9.17) is 16.6 Å². The van der Waals surface area contributed by atoms with E-state index in [0.717, 1.165) is 0 Å². The predicted octanol–water partition coefficient (Wildman–Crippen LogP) is -1.80. The first-order valence-electron chi connectivity index (χ1n) is 11.4. The number of amides is 4. The molecular formula is C23H33N5O9. The van der Waals surface area contributed by atoms with E-state index in [0.29, 0.717) is 5.56 Å². The summed E-state index contributed by atoms with van der Waals surface area (Å²) in [5.74, 6) is -6.65. The van der Waals surface area contributed by atoms with Crippen LogP contribution in [0.4, 0.5) is 0 Å². The van der Waals surface area contributed by atoms with Crippen molar-refractivity contribution in [1.29, 1.82) is 0 Å². The zero-order valence-electron chi connectivity index (χ0n) is 20.5. The number of phenolic OH excluding ortho intramolecular Hbond substituents is 1. The Hall–Kier alpha value is -4.20. The molecule has 1 aromatic rings. The Bertz CT molecular complexity index is 997. The highest BCUT2D eigenvalue weighted by Gasteiger charge is 2.32. The number of aromatic hydroxyl groups is 1. The van der Waals surface area contributed by atoms with Crippen molar-refractivity contribution in [3.8, 4) is 5.75 Å². The zero-order valence-corrected chi connectivity index (χ0v) is 20.5. The van der Waals surface area contributed by atoms with Crippen molar-refractivity contribution in [2.24, 2.45) is 17.4 Å². The Morgan fingerprint density at radius 3 is 1.89 bits per heavy atom. The molecule has 4 atom stereocenters. The van der Waals surface area contributed by atoms with Crippen LogP contribution in [0.1, 0.15) is 38.7 Å². The van der Waals surface area contributed by atoms with Crippen LogP contribution in [0.3, 0.4) is 0 Å². The monoisotopic (exact) mass is 523 g/mol. The topological polar surface area (TPSA) is 251 Å². The molecule has 14 heteroatoms. The Labute approximate surface area is 212 Å². The molecule has 0 saturated carbocycles. The third kappa shape index (κ3) is 10.9. The van der Waals surface area contributed by atoms with E-state index in [1.807, 2.05) is 0 Å². The fourth-order valence-electron chi connectivity index (χ4n) is 3.24. The third-order valence-corrected chi connectivity index (χ3v) is 5.28. The van der Waals surface area contributed by atoms with Crippen molar-refractivity contribution < 1.29 is 44.1 Å². The van der Waals surface area contributed by atoms with Crippen molar-refractivity contribution in [3.63, 3.8) is 0 Å². The molecule has 4 unspecified atom stereocenters. The lowest BCUT2D eigenvalue weighted by atomic mass is 10.0. The molecule has 4 amide bonds. The molecule has 0 aliphatic heterocycles. The van der Waals surface area contributed by atoms with Gasteiger partial charge in [0.05, 0.1) is 12.5 Å². The molecule has 204 valence electrons. The summed E-state index contributed by atoms with van der Waals surface area (Å²) in [5.41, 5.74) is 11.2. The third-order valence-electron chi connectivity index (χ3n) is 5.28. The highest BCUT2D eigenvalue weighted by molar-refractivity contribution is 5.95. The second-order valence-electron chi connectivity index (χ2n) is 8.77. The number of phenols is 1. The molecule has 0 aliphatic carbocycles. The van der Waals surface area contributed by atoms with E-state index in [1.165, 1.54) is 24.3 Å². The van der Waals surface area contributed by atoms with E-state index < -0.39 is 78.5 Å². The van der Waals surface area contributed by atoms with Gasteiger partial charge in [0.1, 0.15) is 23.9 Å². The maximum Gasteiger partial charge on any atom is 0.326 e. The SMILES string of the molecule is CC(C)C(NC(=O)C(CCC(=O)O)NC(=O)C(Cc1ccc(O)cc1)NC(=O)C(N)CC(N)=O)C(=O)O. The fraction of sp³-hybridized carbons (Fsp3) is 0.478. The van der Waals surface area contributed by atoms with E-state index >= 15 is 0 Å². The van der Waals surface area contributed by atoms with Crippen LogP contribution in [0, 0.1) is 5.92 Å². The summed E-state index contributed by atoms with van der Waals surface area (Å²) in [6.07, 6.45) is -1.50. The highest BCUT2D eigenvalue weighted by Crippen LogP contribution is 2.12. The molecule has 1 aromatic carbocycles. The van der Waals surface area contributed by atoms with Crippen LogP contribution in [0.25, 0.3) is 0 Å². The number of hydrogen-bond donors (Lipinski definition) is 8. The Morgan fingerprint density at radius 1 is 0.865 bits per heavy atom. The van der Waals surface area contributed by atoms with Crippen molar-refractivity contribution in [1.82, 2.24) is 16.0 Å². The van der Waals surface area contributed by atoms with Gasteiger partial charge in [0.25, 0.3) is 0 Å². The van der Waals surface area contributed by atoms with Crippen molar-refractivity contribution in [2.45, 2.75) is 63.7 Å². The number of nitrogens with two attached hydrogens (primary N) is 2. The number of aliphatic carboxylic acids is 2. The summed E-state index contributed by atoms with van der Waals surface area (Å²) in [5, 5.41) is 34.9. The number of nitrogens with one attached hydrogen (secondary N) is 3. The maximum absolute atomic E-state index is 13.2. The van der Waals surface area contributed by atoms with Gasteiger partial charge < -0.3 is 42.7 Å². The second-order valence-corrected chi connectivity index (χ2v) is 8.77. The first-order valence-corrected chi connectivity index (χ1v) is 11.4. The molecule has 0 saturated heterocycles. The number of benzene rings is 1. The van der Waals surface area contributed by atoms with Gasteiger partial charge in [-0.3, -0.25) is 24.0 Å². The minimum absolute atomic E-state index is 0.0409. The first kappa shape index (κ1) is 30.8. The molecular weight excluding hydrogens is 490 g/mol. The van der Waals surface area contributed by atoms with E-state index in [9.17, 15) is 39.0 Å². The Morgan fingerprint density at radius 2 is 1.41 bits per heavy atom. The number of carbonyl (C=O) groups is 6. The van der Waals surface area contributed by atoms with Crippen LogP contribution in [-0.2, 0) is 35.2 Å². The largest absolute Gasteiger partial charge is 0.508 e. The molecule has 0 bridgehead atoms. The molecule has 1 rings (SSSR count). The van der Waals surface area contributed by atoms with Gasteiger partial charge in [0, 0.05) is 12.8 Å². The predicted molar refractivity (Wildman–Crippen MR) is 129 cm³/mol. The van der Waals surface area contributed by atoms with Gasteiger partial charge in [-0.05, 0) is 30.0 Å². The summed E-state index contributed by atoms with van der Waals surface area (Å²) in [6, 6.07) is 0.244. The van der Waals surface area contributed by atoms with Gasteiger partial charge in [-0.2, -0.15) is 0 Å². The summed E-state index contributed by atoms with van der Waals surface area (Å²) in [7, 11) is 0. The van der Waals surface area contributed by atoms with E-state index in [-0.39, 0.29) is 18.6 Å². The number of primary amides is 1. The minimum Gasteiger partial charge on any atom is -0.508 e. The molecule has 0 aromatic heterocycles. The van der Waals surface area contributed by atoms with Gasteiger partial charge in [-0.15, -0.1) is 0 Å². The van der Waals surface area contributed by atoms with Crippen LogP contribution in [0.15, 0.2) is 24.3 Å². The van der Waals surface area contributed by atoms with Crippen LogP contribution in [0.5, 0.6) is 5.75 Å². The lowest BCUT2D eigenvalue weighted by Crippen LogP contribution is -2.58. The second kappa shape index (κ2) is 14.4. The lowest BCUT2D eigenvalue weighted by Gasteiger charge is -2.26. The van der Waals surface area contributed by atoms with Gasteiger partial charge in [0.15, 0.2) is 0 Å². The summed E-state index contributed by atoms with van der Waals surface area (Å²) in [6.45, 7) is 3.12. The van der Waals surface area contributed by atoms with E-state index in [2.05, 4.69) is 16.0 Å².